The molecule has 0 amide bonds. The Bertz CT molecular complexity index is 456. The third kappa shape index (κ3) is 3.55. The maximum Gasteiger partial charge on any atom is 0.169 e. The molecule has 1 aromatic rings. The molecule has 0 aliphatic heterocycles. The van der Waals surface area contributed by atoms with Crippen molar-refractivity contribution >= 4 is 0 Å². The molecular weight excluding hydrogens is 267 g/mol. The number of rotatable bonds is 5. The van der Waals surface area contributed by atoms with Crippen molar-refractivity contribution in [2.45, 2.75) is 50.6 Å². The number of benzene rings is 1. The minimum Gasteiger partial charge on any atom is -0.494 e. The molecule has 1 aliphatic carbocycles. The molecule has 0 radical (unpaired) electrons. The standard InChI is InChI=1S/C17H27FN2O/c1-20(17(13-19)10-5-3-4-6-11-17)12-14-8-7-9-15(21-2)16(14)18/h7-9H,3-6,10-13,19H2,1-2H3. The Balaban J connectivity index is 2.17. The molecule has 1 saturated carbocycles. The van der Waals surface area contributed by atoms with Crippen LogP contribution in [0.15, 0.2) is 18.2 Å². The van der Waals surface area contributed by atoms with Gasteiger partial charge >= 0.3 is 0 Å². The van der Waals surface area contributed by atoms with Gasteiger partial charge in [-0.05, 0) is 26.0 Å². The Morgan fingerprint density at radius 1 is 1.24 bits per heavy atom. The second-order valence-corrected chi connectivity index (χ2v) is 6.13. The summed E-state index contributed by atoms with van der Waals surface area (Å²) in [4.78, 5) is 2.25. The summed E-state index contributed by atoms with van der Waals surface area (Å²) in [5, 5.41) is 0. The minimum atomic E-state index is -0.257. The van der Waals surface area contributed by atoms with Crippen LogP contribution in [0, 0.1) is 5.82 Å². The molecular formula is C17H27FN2O. The molecule has 0 heterocycles. The molecule has 0 spiro atoms. The molecule has 0 atom stereocenters. The zero-order valence-corrected chi connectivity index (χ0v) is 13.2. The number of hydrogen-bond acceptors (Lipinski definition) is 3. The monoisotopic (exact) mass is 294 g/mol. The van der Waals surface area contributed by atoms with Gasteiger partial charge in [0.05, 0.1) is 7.11 Å². The SMILES string of the molecule is COc1cccc(CN(C)C2(CN)CCCCCC2)c1F. The lowest BCUT2D eigenvalue weighted by molar-refractivity contribution is 0.0983. The van der Waals surface area contributed by atoms with Gasteiger partial charge in [-0.1, -0.05) is 37.8 Å². The molecule has 118 valence electrons. The van der Waals surface area contributed by atoms with Crippen LogP contribution in [0.25, 0.3) is 0 Å². The third-order valence-corrected chi connectivity index (χ3v) is 4.89. The van der Waals surface area contributed by atoms with E-state index in [9.17, 15) is 4.39 Å². The van der Waals surface area contributed by atoms with E-state index in [1.807, 2.05) is 12.1 Å². The topological polar surface area (TPSA) is 38.5 Å². The second-order valence-electron chi connectivity index (χ2n) is 6.13. The van der Waals surface area contributed by atoms with E-state index in [2.05, 4.69) is 11.9 Å². The van der Waals surface area contributed by atoms with E-state index in [0.717, 1.165) is 12.8 Å². The lowest BCUT2D eigenvalue weighted by atomic mass is 9.88. The molecule has 0 saturated heterocycles. The Morgan fingerprint density at radius 3 is 2.48 bits per heavy atom. The van der Waals surface area contributed by atoms with E-state index in [0.29, 0.717) is 24.4 Å². The number of nitrogens with two attached hydrogens (primary N) is 1. The Hall–Kier alpha value is -1.13. The Morgan fingerprint density at radius 2 is 1.90 bits per heavy atom. The van der Waals surface area contributed by atoms with Crippen molar-refractivity contribution in [3.8, 4) is 5.75 Å². The van der Waals surface area contributed by atoms with E-state index < -0.39 is 0 Å². The van der Waals surface area contributed by atoms with Crippen LogP contribution in [0.1, 0.15) is 44.1 Å². The summed E-state index contributed by atoms with van der Waals surface area (Å²) in [6, 6.07) is 5.33. The van der Waals surface area contributed by atoms with Gasteiger partial charge in [0.1, 0.15) is 0 Å². The van der Waals surface area contributed by atoms with Crippen molar-refractivity contribution in [3.63, 3.8) is 0 Å². The van der Waals surface area contributed by atoms with Crippen LogP contribution >= 0.6 is 0 Å². The second kappa shape index (κ2) is 7.23. The quantitative estimate of drug-likeness (QED) is 0.847. The van der Waals surface area contributed by atoms with Crippen molar-refractivity contribution in [1.29, 1.82) is 0 Å². The van der Waals surface area contributed by atoms with Gasteiger partial charge in [0.15, 0.2) is 11.6 Å². The van der Waals surface area contributed by atoms with E-state index in [1.165, 1.54) is 32.8 Å². The summed E-state index contributed by atoms with van der Waals surface area (Å²) in [6.07, 6.45) is 7.19. The molecule has 3 nitrogen and oxygen atoms in total. The first-order valence-electron chi connectivity index (χ1n) is 7.85. The highest BCUT2D eigenvalue weighted by molar-refractivity contribution is 5.31. The van der Waals surface area contributed by atoms with Crippen molar-refractivity contribution in [3.05, 3.63) is 29.6 Å². The van der Waals surface area contributed by atoms with E-state index in [1.54, 1.807) is 6.07 Å². The average Bonchev–Trinajstić information content (AvgIpc) is 2.75. The molecule has 1 aliphatic rings. The van der Waals surface area contributed by atoms with E-state index in [-0.39, 0.29) is 11.4 Å². The van der Waals surface area contributed by atoms with Gasteiger partial charge in [-0.3, -0.25) is 4.90 Å². The summed E-state index contributed by atoms with van der Waals surface area (Å²) in [5.74, 6) is 0.0520. The van der Waals surface area contributed by atoms with Gasteiger partial charge in [0.2, 0.25) is 0 Å². The number of nitrogens with zero attached hydrogens (tertiary/aromatic N) is 1. The van der Waals surface area contributed by atoms with Gasteiger partial charge in [0.25, 0.3) is 0 Å². The van der Waals surface area contributed by atoms with Gasteiger partial charge < -0.3 is 10.5 Å². The Kier molecular flexibility index (Phi) is 5.59. The van der Waals surface area contributed by atoms with Crippen LogP contribution in [0.5, 0.6) is 5.75 Å². The van der Waals surface area contributed by atoms with Crippen LogP contribution in [-0.4, -0.2) is 31.1 Å². The van der Waals surface area contributed by atoms with Crippen molar-refractivity contribution in [2.75, 3.05) is 20.7 Å². The molecule has 1 fully saturated rings. The fourth-order valence-corrected chi connectivity index (χ4v) is 3.39. The first-order chi connectivity index (χ1) is 10.1. The van der Waals surface area contributed by atoms with Gasteiger partial charge in [-0.15, -0.1) is 0 Å². The largest absolute Gasteiger partial charge is 0.494 e. The van der Waals surface area contributed by atoms with Crippen LogP contribution in [0.4, 0.5) is 4.39 Å². The zero-order valence-electron chi connectivity index (χ0n) is 13.2. The molecule has 2 rings (SSSR count). The van der Waals surface area contributed by atoms with E-state index >= 15 is 0 Å². The van der Waals surface area contributed by atoms with Crippen molar-refractivity contribution in [2.24, 2.45) is 5.73 Å². The van der Waals surface area contributed by atoms with Crippen molar-refractivity contribution < 1.29 is 9.13 Å². The van der Waals surface area contributed by atoms with Gasteiger partial charge in [0, 0.05) is 24.2 Å². The predicted octanol–water partition coefficient (Wildman–Crippen LogP) is 3.32. The molecule has 0 bridgehead atoms. The summed E-state index contributed by atoms with van der Waals surface area (Å²) in [6.45, 7) is 1.20. The van der Waals surface area contributed by atoms with Crippen LogP contribution in [0.2, 0.25) is 0 Å². The first-order valence-corrected chi connectivity index (χ1v) is 7.85. The van der Waals surface area contributed by atoms with Crippen LogP contribution in [-0.2, 0) is 6.54 Å². The molecule has 2 N–H and O–H groups in total. The highest BCUT2D eigenvalue weighted by atomic mass is 19.1. The molecule has 0 unspecified atom stereocenters. The molecule has 0 aromatic heterocycles. The normalized spacial score (nSPS) is 18.5. The smallest absolute Gasteiger partial charge is 0.169 e. The molecule has 21 heavy (non-hydrogen) atoms. The number of halogens is 1. The lowest BCUT2D eigenvalue weighted by Crippen LogP contribution is -2.51. The predicted molar refractivity (Wildman–Crippen MR) is 83.9 cm³/mol. The fourth-order valence-electron chi connectivity index (χ4n) is 3.39. The highest BCUT2D eigenvalue weighted by Crippen LogP contribution is 2.32. The average molecular weight is 294 g/mol. The summed E-state index contributed by atoms with van der Waals surface area (Å²) >= 11 is 0. The van der Waals surface area contributed by atoms with Gasteiger partial charge in [-0.2, -0.15) is 0 Å². The molecule has 4 heteroatoms. The van der Waals surface area contributed by atoms with Crippen molar-refractivity contribution in [1.82, 2.24) is 4.90 Å². The number of hydrogen-bond donors (Lipinski definition) is 1. The summed E-state index contributed by atoms with van der Waals surface area (Å²) < 4.78 is 19.4. The number of likely N-dealkylation sites (N-methyl/N-ethyl adjacent to an activating group) is 1. The van der Waals surface area contributed by atoms with Gasteiger partial charge in [-0.25, -0.2) is 4.39 Å². The Labute approximate surface area is 127 Å². The maximum absolute atomic E-state index is 14.3. The van der Waals surface area contributed by atoms with Crippen LogP contribution < -0.4 is 10.5 Å². The van der Waals surface area contributed by atoms with Crippen LogP contribution in [0.3, 0.4) is 0 Å². The third-order valence-electron chi connectivity index (χ3n) is 4.89. The highest BCUT2D eigenvalue weighted by Gasteiger charge is 2.34. The molecule has 1 aromatic carbocycles. The number of ether oxygens (including phenoxy) is 1. The first kappa shape index (κ1) is 16.2. The lowest BCUT2D eigenvalue weighted by Gasteiger charge is -2.41. The maximum atomic E-state index is 14.3. The zero-order chi connectivity index (χ0) is 15.3. The van der Waals surface area contributed by atoms with E-state index in [4.69, 9.17) is 10.5 Å². The summed E-state index contributed by atoms with van der Waals surface area (Å²) in [5.41, 5.74) is 6.78. The fraction of sp³-hybridized carbons (Fsp3) is 0.647. The minimum absolute atomic E-state index is 0.00597. The summed E-state index contributed by atoms with van der Waals surface area (Å²) in [7, 11) is 3.57. The number of methoxy groups -OCH3 is 1.